The molecule has 0 aliphatic heterocycles. The Balaban J connectivity index is 1.48. The predicted octanol–water partition coefficient (Wildman–Crippen LogP) is 3.97. The van der Waals surface area contributed by atoms with Crippen molar-refractivity contribution in [2.24, 2.45) is 5.92 Å². The second kappa shape index (κ2) is 8.40. The minimum atomic E-state index is -4.65. The third kappa shape index (κ3) is 4.53. The van der Waals surface area contributed by atoms with Gasteiger partial charge in [0.1, 0.15) is 5.75 Å². The van der Waals surface area contributed by atoms with Crippen molar-refractivity contribution >= 4 is 11.7 Å². The second-order valence-corrected chi connectivity index (χ2v) is 8.06. The number of nitrogens with zero attached hydrogens (tertiary/aromatic N) is 4. The van der Waals surface area contributed by atoms with Crippen LogP contribution in [0.2, 0.25) is 0 Å². The van der Waals surface area contributed by atoms with Gasteiger partial charge < -0.3 is 10.1 Å². The number of carbonyl (C=O) groups excluding carboxylic acids is 1. The summed E-state index contributed by atoms with van der Waals surface area (Å²) < 4.78 is 45.2. The first-order valence-electron chi connectivity index (χ1n) is 10.4. The highest BCUT2D eigenvalue weighted by Gasteiger charge is 2.37. The average molecular weight is 447 g/mol. The Morgan fingerprint density at radius 1 is 1.22 bits per heavy atom. The van der Waals surface area contributed by atoms with Gasteiger partial charge in [0, 0.05) is 17.8 Å². The molecule has 1 N–H and O–H groups in total. The molecule has 1 aliphatic rings. The fourth-order valence-corrected chi connectivity index (χ4v) is 3.89. The molecule has 170 valence electrons. The molecule has 3 aromatic rings. The van der Waals surface area contributed by atoms with Crippen LogP contribution in [-0.2, 0) is 17.4 Å². The monoisotopic (exact) mass is 447 g/mol. The summed E-state index contributed by atoms with van der Waals surface area (Å²) in [5.41, 5.74) is 2.76. The molecule has 1 atom stereocenters. The Morgan fingerprint density at radius 2 is 1.91 bits per heavy atom. The van der Waals surface area contributed by atoms with Gasteiger partial charge in [-0.05, 0) is 62.3 Å². The minimum absolute atomic E-state index is 0.0686. The summed E-state index contributed by atoms with van der Waals surface area (Å²) in [5, 5.41) is 6.67. The van der Waals surface area contributed by atoms with Gasteiger partial charge in [-0.1, -0.05) is 12.1 Å². The Labute approximate surface area is 183 Å². The lowest BCUT2D eigenvalue weighted by Crippen LogP contribution is -2.30. The number of nitrogens with one attached hydrogen (secondary N) is 1. The molecule has 10 heteroatoms. The van der Waals surface area contributed by atoms with E-state index in [2.05, 4.69) is 20.4 Å². The van der Waals surface area contributed by atoms with Crippen molar-refractivity contribution in [1.82, 2.24) is 24.9 Å². The number of rotatable bonds is 7. The molecular formula is C22H24F3N5O2. The molecule has 2 heterocycles. The fourth-order valence-electron chi connectivity index (χ4n) is 3.89. The van der Waals surface area contributed by atoms with Crippen LogP contribution in [0, 0.1) is 19.8 Å². The molecule has 0 radical (unpaired) electrons. The number of fused-ring (bicyclic) bond motifs is 1. The zero-order valence-electron chi connectivity index (χ0n) is 18.0. The minimum Gasteiger partial charge on any atom is -0.497 e. The maximum atomic E-state index is 13.0. The van der Waals surface area contributed by atoms with Gasteiger partial charge in [0.25, 0.3) is 11.6 Å². The van der Waals surface area contributed by atoms with Gasteiger partial charge in [-0.15, -0.1) is 5.10 Å². The smallest absolute Gasteiger partial charge is 0.453 e. The molecule has 4 rings (SSSR count). The van der Waals surface area contributed by atoms with E-state index in [1.807, 2.05) is 24.3 Å². The summed E-state index contributed by atoms with van der Waals surface area (Å²) in [4.78, 5) is 20.4. The van der Waals surface area contributed by atoms with Crippen molar-refractivity contribution in [1.29, 1.82) is 0 Å². The highest BCUT2D eigenvalue weighted by atomic mass is 19.4. The van der Waals surface area contributed by atoms with E-state index in [1.165, 1.54) is 0 Å². The highest BCUT2D eigenvalue weighted by Crippen LogP contribution is 2.41. The zero-order chi connectivity index (χ0) is 23.0. The van der Waals surface area contributed by atoms with E-state index in [-0.39, 0.29) is 24.1 Å². The first kappa shape index (κ1) is 22.0. The number of aromatic nitrogens is 4. The third-order valence-corrected chi connectivity index (χ3v) is 5.79. The van der Waals surface area contributed by atoms with Gasteiger partial charge in [-0.2, -0.15) is 18.2 Å². The average Bonchev–Trinajstić information content (AvgIpc) is 3.49. The van der Waals surface area contributed by atoms with Gasteiger partial charge in [0.15, 0.2) is 0 Å². The number of alkyl halides is 3. The van der Waals surface area contributed by atoms with Crippen LogP contribution in [0.15, 0.2) is 24.3 Å². The quantitative estimate of drug-likeness (QED) is 0.593. The van der Waals surface area contributed by atoms with Gasteiger partial charge in [0.2, 0.25) is 5.91 Å². The van der Waals surface area contributed by atoms with Crippen LogP contribution < -0.4 is 10.1 Å². The van der Waals surface area contributed by atoms with E-state index < -0.39 is 12.0 Å². The van der Waals surface area contributed by atoms with Crippen LogP contribution >= 0.6 is 0 Å². The number of benzene rings is 1. The predicted molar refractivity (Wildman–Crippen MR) is 110 cm³/mol. The summed E-state index contributed by atoms with van der Waals surface area (Å²) in [6.45, 7) is 3.36. The summed E-state index contributed by atoms with van der Waals surface area (Å²) in [7, 11) is 1.61. The molecule has 1 saturated carbocycles. The topological polar surface area (TPSA) is 81.4 Å². The van der Waals surface area contributed by atoms with Crippen molar-refractivity contribution < 1.29 is 22.7 Å². The zero-order valence-corrected chi connectivity index (χ0v) is 18.0. The number of carbonyl (C=O) groups is 1. The molecule has 1 fully saturated rings. The van der Waals surface area contributed by atoms with E-state index in [9.17, 15) is 18.0 Å². The summed E-state index contributed by atoms with van der Waals surface area (Å²) in [6.07, 6.45) is -2.00. The molecule has 0 spiro atoms. The largest absolute Gasteiger partial charge is 0.497 e. The number of aryl methyl sites for hydroxylation is 2. The number of hydrogen-bond acceptors (Lipinski definition) is 5. The van der Waals surface area contributed by atoms with Crippen LogP contribution in [0.4, 0.5) is 13.2 Å². The van der Waals surface area contributed by atoms with Crippen molar-refractivity contribution in [2.75, 3.05) is 7.11 Å². The SMILES string of the molecule is COc1ccc(C(NC(=O)CCc2c(C)nc3nc(C(F)(F)F)nn3c2C)C2CC2)cc1. The maximum absolute atomic E-state index is 13.0. The Morgan fingerprint density at radius 3 is 2.50 bits per heavy atom. The first-order valence-corrected chi connectivity index (χ1v) is 10.4. The standard InChI is InChI=1S/C22H24F3N5O2/c1-12-17(13(2)30-21(26-12)28-20(29-30)22(23,24)25)10-11-18(31)27-19(14-4-5-14)15-6-8-16(32-3)9-7-15/h6-9,14,19H,4-5,10-11H2,1-3H3,(H,27,31). The lowest BCUT2D eigenvalue weighted by Gasteiger charge is -2.19. The molecular weight excluding hydrogens is 423 g/mol. The van der Waals surface area contributed by atoms with E-state index in [0.29, 0.717) is 29.3 Å². The van der Waals surface area contributed by atoms with Crippen LogP contribution in [0.5, 0.6) is 5.75 Å². The van der Waals surface area contributed by atoms with E-state index in [4.69, 9.17) is 4.74 Å². The number of amides is 1. The fraction of sp³-hybridized carbons (Fsp3) is 0.455. The van der Waals surface area contributed by atoms with E-state index in [1.54, 1.807) is 21.0 Å². The van der Waals surface area contributed by atoms with Gasteiger partial charge in [-0.25, -0.2) is 9.50 Å². The third-order valence-electron chi connectivity index (χ3n) is 5.79. The van der Waals surface area contributed by atoms with Gasteiger partial charge in [0.05, 0.1) is 13.2 Å². The molecule has 7 nitrogen and oxygen atoms in total. The molecule has 1 aliphatic carbocycles. The first-order chi connectivity index (χ1) is 15.2. The van der Waals surface area contributed by atoms with Gasteiger partial charge in [-0.3, -0.25) is 4.79 Å². The van der Waals surface area contributed by atoms with Crippen LogP contribution in [0.25, 0.3) is 5.78 Å². The number of ether oxygens (including phenoxy) is 1. The molecule has 2 aromatic heterocycles. The Hall–Kier alpha value is -3.17. The molecule has 0 saturated heterocycles. The Bertz CT molecular complexity index is 1140. The van der Waals surface area contributed by atoms with Crippen molar-refractivity contribution in [3.63, 3.8) is 0 Å². The van der Waals surface area contributed by atoms with Crippen molar-refractivity contribution in [2.45, 2.75) is 51.7 Å². The van der Waals surface area contributed by atoms with Crippen molar-refractivity contribution in [3.8, 4) is 5.75 Å². The van der Waals surface area contributed by atoms with E-state index in [0.717, 1.165) is 28.7 Å². The van der Waals surface area contributed by atoms with Crippen LogP contribution in [-0.4, -0.2) is 32.6 Å². The highest BCUT2D eigenvalue weighted by molar-refractivity contribution is 5.77. The molecule has 32 heavy (non-hydrogen) atoms. The molecule has 1 aromatic carbocycles. The number of hydrogen-bond donors (Lipinski definition) is 1. The summed E-state index contributed by atoms with van der Waals surface area (Å²) >= 11 is 0. The lowest BCUT2D eigenvalue weighted by molar-refractivity contribution is -0.144. The summed E-state index contributed by atoms with van der Waals surface area (Å²) in [6, 6.07) is 7.59. The molecule has 1 unspecified atom stereocenters. The van der Waals surface area contributed by atoms with Crippen LogP contribution in [0.3, 0.4) is 0 Å². The molecule has 1 amide bonds. The lowest BCUT2D eigenvalue weighted by atomic mass is 10.0. The number of halogens is 3. The van der Waals surface area contributed by atoms with Crippen LogP contribution in [0.1, 0.15) is 53.6 Å². The summed E-state index contributed by atoms with van der Waals surface area (Å²) in [5.74, 6) is -0.288. The maximum Gasteiger partial charge on any atom is 0.453 e. The number of methoxy groups -OCH3 is 1. The van der Waals surface area contributed by atoms with E-state index >= 15 is 0 Å². The van der Waals surface area contributed by atoms with Gasteiger partial charge >= 0.3 is 6.18 Å². The molecule has 0 bridgehead atoms. The Kier molecular flexibility index (Phi) is 5.79. The second-order valence-electron chi connectivity index (χ2n) is 8.06. The van der Waals surface area contributed by atoms with Crippen molar-refractivity contribution in [3.05, 3.63) is 52.6 Å². The normalized spacial score (nSPS) is 15.1.